The van der Waals surface area contributed by atoms with Gasteiger partial charge in [-0.25, -0.2) is 4.39 Å². The summed E-state index contributed by atoms with van der Waals surface area (Å²) in [5, 5.41) is 3.80. The van der Waals surface area contributed by atoms with Crippen molar-refractivity contribution in [2.75, 3.05) is 51.6 Å². The van der Waals surface area contributed by atoms with Gasteiger partial charge in [-0.15, -0.1) is 0 Å². The van der Waals surface area contributed by atoms with Crippen LogP contribution in [-0.4, -0.2) is 79.1 Å². The number of carbonyl (C=O) groups is 3. The molecule has 0 aromatic heterocycles. The van der Waals surface area contributed by atoms with E-state index in [-0.39, 0.29) is 61.8 Å². The minimum absolute atomic E-state index is 0.0268. The number of thioether (sulfide) groups is 1. The van der Waals surface area contributed by atoms with Gasteiger partial charge in [0.2, 0.25) is 17.7 Å². The molecule has 0 spiro atoms. The SMILES string of the molecule is CC(C)c1ccc2c(c1)CCC1C(C)(CNCC(=O)N(CCN)CC(=O)N(CCSCc3c(F)cccc3Cl)CC(N)=O)CCCC21C. The molecule has 0 saturated heterocycles. The summed E-state index contributed by atoms with van der Waals surface area (Å²) in [7, 11) is 0. The summed E-state index contributed by atoms with van der Waals surface area (Å²) in [6, 6.07) is 11.6. The number of amides is 3. The molecular weight excluding hydrogens is 649 g/mol. The summed E-state index contributed by atoms with van der Waals surface area (Å²) in [6.07, 6.45) is 5.62. The quantitative estimate of drug-likeness (QED) is 0.206. The number of rotatable bonds is 16. The monoisotopic (exact) mass is 701 g/mol. The molecule has 264 valence electrons. The Labute approximate surface area is 294 Å². The molecule has 11 heteroatoms. The fraction of sp³-hybridized carbons (Fsp3) is 0.595. The second-order valence-electron chi connectivity index (χ2n) is 14.3. The Kier molecular flexibility index (Phi) is 13.4. The number of nitrogens with zero attached hydrogens (tertiary/aromatic N) is 2. The number of hydrogen-bond donors (Lipinski definition) is 3. The van der Waals surface area contributed by atoms with E-state index in [1.807, 2.05) is 0 Å². The molecule has 0 heterocycles. The molecule has 3 atom stereocenters. The van der Waals surface area contributed by atoms with E-state index in [4.69, 9.17) is 23.1 Å². The molecule has 3 amide bonds. The first-order chi connectivity index (χ1) is 22.8. The molecule has 1 fully saturated rings. The largest absolute Gasteiger partial charge is 0.368 e. The highest BCUT2D eigenvalue weighted by Crippen LogP contribution is 2.57. The Hall–Kier alpha value is -2.66. The first-order valence-corrected chi connectivity index (χ1v) is 18.7. The molecule has 2 aromatic rings. The van der Waals surface area contributed by atoms with Crippen LogP contribution in [0.3, 0.4) is 0 Å². The van der Waals surface area contributed by atoms with Crippen LogP contribution < -0.4 is 16.8 Å². The Morgan fingerprint density at radius 2 is 1.83 bits per heavy atom. The highest BCUT2D eigenvalue weighted by molar-refractivity contribution is 7.98. The molecule has 2 aliphatic rings. The van der Waals surface area contributed by atoms with Gasteiger partial charge in [-0.1, -0.05) is 70.0 Å². The lowest BCUT2D eigenvalue weighted by atomic mass is 9.49. The summed E-state index contributed by atoms with van der Waals surface area (Å²) >= 11 is 7.52. The lowest BCUT2D eigenvalue weighted by Crippen LogP contribution is -2.54. The van der Waals surface area contributed by atoms with Gasteiger partial charge in [0.1, 0.15) is 5.82 Å². The summed E-state index contributed by atoms with van der Waals surface area (Å²) in [6.45, 7) is 10.2. The summed E-state index contributed by atoms with van der Waals surface area (Å²) in [5.74, 6) is 0.106. The molecule has 0 aliphatic heterocycles. The number of carbonyl (C=O) groups excluding carboxylic acids is 3. The number of benzene rings is 2. The molecule has 2 aromatic carbocycles. The van der Waals surface area contributed by atoms with Crippen LogP contribution in [0.15, 0.2) is 36.4 Å². The third-order valence-corrected chi connectivity index (χ3v) is 11.9. The van der Waals surface area contributed by atoms with Crippen LogP contribution in [0.2, 0.25) is 5.02 Å². The summed E-state index contributed by atoms with van der Waals surface area (Å²) < 4.78 is 14.1. The Balaban J connectivity index is 1.34. The zero-order valence-corrected chi connectivity index (χ0v) is 30.5. The van der Waals surface area contributed by atoms with Crippen LogP contribution in [0.25, 0.3) is 0 Å². The average molecular weight is 702 g/mol. The Morgan fingerprint density at radius 3 is 2.52 bits per heavy atom. The van der Waals surface area contributed by atoms with Gasteiger partial charge in [0, 0.05) is 48.3 Å². The predicted octanol–water partition coefficient (Wildman–Crippen LogP) is 5.24. The molecule has 8 nitrogen and oxygen atoms in total. The first kappa shape index (κ1) is 38.1. The molecule has 5 N–H and O–H groups in total. The number of hydrogen-bond acceptors (Lipinski definition) is 6. The lowest BCUT2D eigenvalue weighted by Gasteiger charge is -2.55. The van der Waals surface area contributed by atoms with Crippen LogP contribution in [0.4, 0.5) is 4.39 Å². The van der Waals surface area contributed by atoms with Gasteiger partial charge >= 0.3 is 0 Å². The molecule has 0 bridgehead atoms. The van der Waals surface area contributed by atoms with Gasteiger partial charge in [-0.2, -0.15) is 11.8 Å². The lowest BCUT2D eigenvalue weighted by molar-refractivity contribution is -0.141. The standard InChI is InChI=1S/C37H53ClFN5O3S/c1-25(2)26-9-11-29-27(19-26)10-12-32-36(3,13-6-14-37(29,32)4)24-42-20-34(46)43(16-15-40)22-35(47)44(21-33(41)45)17-18-48-23-28-30(38)7-5-8-31(28)39/h5,7-9,11,19,25,32,42H,6,10,12-18,20-24,40H2,1-4H3,(H2,41,45). The summed E-state index contributed by atoms with van der Waals surface area (Å²) in [4.78, 5) is 41.4. The van der Waals surface area contributed by atoms with Crippen LogP contribution in [0.5, 0.6) is 0 Å². The maximum Gasteiger partial charge on any atom is 0.242 e. The topological polar surface area (TPSA) is 122 Å². The van der Waals surface area contributed by atoms with E-state index < -0.39 is 11.8 Å². The highest BCUT2D eigenvalue weighted by Gasteiger charge is 2.51. The second-order valence-corrected chi connectivity index (χ2v) is 15.8. The minimum atomic E-state index is -0.651. The molecule has 2 aliphatic carbocycles. The number of aryl methyl sites for hydroxylation is 1. The molecule has 1 saturated carbocycles. The fourth-order valence-corrected chi connectivity index (χ4v) is 9.29. The van der Waals surface area contributed by atoms with E-state index in [1.54, 1.807) is 12.1 Å². The number of nitrogens with one attached hydrogen (secondary N) is 1. The molecule has 4 rings (SSSR count). The summed E-state index contributed by atoms with van der Waals surface area (Å²) in [5.41, 5.74) is 16.2. The van der Waals surface area contributed by atoms with Gasteiger partial charge in [0.05, 0.1) is 19.6 Å². The predicted molar refractivity (Wildman–Crippen MR) is 194 cm³/mol. The van der Waals surface area contributed by atoms with E-state index in [0.29, 0.717) is 40.5 Å². The Morgan fingerprint density at radius 1 is 1.08 bits per heavy atom. The van der Waals surface area contributed by atoms with Crippen molar-refractivity contribution in [3.63, 3.8) is 0 Å². The third kappa shape index (κ3) is 9.11. The van der Waals surface area contributed by atoms with Crippen molar-refractivity contribution < 1.29 is 18.8 Å². The van der Waals surface area contributed by atoms with Crippen molar-refractivity contribution in [2.24, 2.45) is 22.8 Å². The van der Waals surface area contributed by atoms with Crippen molar-refractivity contribution in [1.29, 1.82) is 0 Å². The smallest absolute Gasteiger partial charge is 0.242 e. The van der Waals surface area contributed by atoms with Crippen LogP contribution in [0.1, 0.15) is 81.5 Å². The number of halogens is 2. The first-order valence-electron chi connectivity index (χ1n) is 17.2. The van der Waals surface area contributed by atoms with Crippen LogP contribution in [0, 0.1) is 17.2 Å². The second kappa shape index (κ2) is 16.8. The van der Waals surface area contributed by atoms with Gasteiger partial charge in [-0.3, -0.25) is 14.4 Å². The van der Waals surface area contributed by atoms with E-state index in [1.165, 1.54) is 50.7 Å². The van der Waals surface area contributed by atoms with Crippen LogP contribution in [-0.2, 0) is 32.0 Å². The van der Waals surface area contributed by atoms with Gasteiger partial charge in [-0.05, 0) is 77.2 Å². The van der Waals surface area contributed by atoms with Crippen molar-refractivity contribution in [2.45, 2.75) is 76.9 Å². The zero-order chi connectivity index (χ0) is 35.1. The molecular formula is C37H53ClFN5O3S. The van der Waals surface area contributed by atoms with Crippen molar-refractivity contribution >= 4 is 41.1 Å². The number of nitrogens with two attached hydrogens (primary N) is 2. The minimum Gasteiger partial charge on any atom is -0.368 e. The maximum absolute atomic E-state index is 14.1. The van der Waals surface area contributed by atoms with E-state index in [9.17, 15) is 18.8 Å². The highest BCUT2D eigenvalue weighted by atomic mass is 35.5. The van der Waals surface area contributed by atoms with Crippen LogP contribution >= 0.6 is 23.4 Å². The van der Waals surface area contributed by atoms with Gasteiger partial charge in [0.25, 0.3) is 0 Å². The van der Waals surface area contributed by atoms with Crippen molar-refractivity contribution in [3.05, 3.63) is 69.5 Å². The number of primary amides is 1. The number of fused-ring (bicyclic) bond motifs is 3. The fourth-order valence-electron chi connectivity index (χ4n) is 7.99. The maximum atomic E-state index is 14.1. The van der Waals surface area contributed by atoms with E-state index in [0.717, 1.165) is 25.7 Å². The van der Waals surface area contributed by atoms with Gasteiger partial charge < -0.3 is 26.6 Å². The average Bonchev–Trinajstić information content (AvgIpc) is 3.02. The van der Waals surface area contributed by atoms with E-state index in [2.05, 4.69) is 51.2 Å². The van der Waals surface area contributed by atoms with Crippen molar-refractivity contribution in [1.82, 2.24) is 15.1 Å². The molecule has 3 unspecified atom stereocenters. The van der Waals surface area contributed by atoms with Crippen molar-refractivity contribution in [3.8, 4) is 0 Å². The zero-order valence-electron chi connectivity index (χ0n) is 29.0. The third-order valence-electron chi connectivity index (χ3n) is 10.6. The normalized spacial score (nSPS) is 21.8. The Bertz CT molecular complexity index is 1440. The van der Waals surface area contributed by atoms with E-state index >= 15 is 0 Å². The molecule has 48 heavy (non-hydrogen) atoms. The molecule has 0 radical (unpaired) electrons. The van der Waals surface area contributed by atoms with Gasteiger partial charge in [0.15, 0.2) is 0 Å².